The molecular formula is C23H14Cl2N2O4S. The molecule has 9 heteroatoms. The van der Waals surface area contributed by atoms with E-state index in [0.29, 0.717) is 20.6 Å². The molecule has 0 bridgehead atoms. The highest BCUT2D eigenvalue weighted by molar-refractivity contribution is 7.21. The van der Waals surface area contributed by atoms with Gasteiger partial charge in [0.15, 0.2) is 0 Å². The third-order valence-corrected chi connectivity index (χ3v) is 6.52. The lowest BCUT2D eigenvalue weighted by atomic mass is 10.1. The van der Waals surface area contributed by atoms with Crippen LogP contribution >= 0.6 is 34.5 Å². The fourth-order valence-corrected chi connectivity index (χ4v) is 4.61. The molecular weight excluding hydrogens is 471 g/mol. The summed E-state index contributed by atoms with van der Waals surface area (Å²) in [5.41, 5.74) is 0.388. The molecule has 1 aromatic heterocycles. The molecule has 0 unspecified atom stereocenters. The molecule has 160 valence electrons. The number of amides is 2. The molecule has 6 nitrogen and oxygen atoms in total. The van der Waals surface area contributed by atoms with Crippen molar-refractivity contribution in [2.24, 2.45) is 0 Å². The average molecular weight is 485 g/mol. The van der Waals surface area contributed by atoms with E-state index in [-0.39, 0.29) is 16.8 Å². The molecule has 1 heterocycles. The van der Waals surface area contributed by atoms with E-state index in [9.17, 15) is 19.5 Å². The SMILES string of the molecule is O=C(O)c1cc(NC(=O)c2sc3ccccc3c2Cl)ccc1C(=O)Nc1ccc(Cl)cc1. The lowest BCUT2D eigenvalue weighted by Crippen LogP contribution is -2.17. The third-order valence-electron chi connectivity index (χ3n) is 4.60. The minimum absolute atomic E-state index is 0.0506. The second-order valence-electron chi connectivity index (χ2n) is 6.72. The number of carbonyl (C=O) groups is 3. The van der Waals surface area contributed by atoms with Crippen molar-refractivity contribution >= 4 is 73.8 Å². The van der Waals surface area contributed by atoms with E-state index < -0.39 is 17.8 Å². The highest BCUT2D eigenvalue weighted by atomic mass is 35.5. The van der Waals surface area contributed by atoms with Gasteiger partial charge in [0, 0.05) is 26.5 Å². The molecule has 0 radical (unpaired) electrons. The minimum atomic E-state index is -1.30. The molecule has 0 aliphatic heterocycles. The first kappa shape index (κ1) is 21.8. The molecule has 3 aromatic carbocycles. The van der Waals surface area contributed by atoms with Crippen LogP contribution in [0.1, 0.15) is 30.4 Å². The Morgan fingerprint density at radius 1 is 0.781 bits per heavy atom. The lowest BCUT2D eigenvalue weighted by molar-refractivity contribution is 0.0692. The van der Waals surface area contributed by atoms with Crippen LogP contribution in [0.4, 0.5) is 11.4 Å². The summed E-state index contributed by atoms with van der Waals surface area (Å²) in [5.74, 6) is -2.37. The van der Waals surface area contributed by atoms with Gasteiger partial charge in [0.2, 0.25) is 0 Å². The van der Waals surface area contributed by atoms with Gasteiger partial charge >= 0.3 is 5.97 Å². The summed E-state index contributed by atoms with van der Waals surface area (Å²) in [6, 6.07) is 17.8. The number of aromatic carboxylic acids is 1. The van der Waals surface area contributed by atoms with Crippen LogP contribution in [0.5, 0.6) is 0 Å². The maximum absolute atomic E-state index is 12.8. The summed E-state index contributed by atoms with van der Waals surface area (Å²) in [6.07, 6.45) is 0. The molecule has 0 aliphatic carbocycles. The molecule has 0 fully saturated rings. The first-order valence-corrected chi connectivity index (χ1v) is 10.8. The molecule has 4 rings (SSSR count). The van der Waals surface area contributed by atoms with Gasteiger partial charge in [0.05, 0.1) is 16.1 Å². The molecule has 0 aliphatic rings. The summed E-state index contributed by atoms with van der Waals surface area (Å²) < 4.78 is 0.864. The molecule has 0 saturated heterocycles. The topological polar surface area (TPSA) is 95.5 Å². The predicted molar refractivity (Wildman–Crippen MR) is 128 cm³/mol. The Bertz CT molecular complexity index is 1370. The maximum Gasteiger partial charge on any atom is 0.336 e. The van der Waals surface area contributed by atoms with E-state index in [0.717, 1.165) is 10.1 Å². The smallest absolute Gasteiger partial charge is 0.336 e. The minimum Gasteiger partial charge on any atom is -0.478 e. The van der Waals surface area contributed by atoms with E-state index in [1.807, 2.05) is 24.3 Å². The second kappa shape index (κ2) is 9.00. The number of carbonyl (C=O) groups excluding carboxylic acids is 2. The van der Waals surface area contributed by atoms with E-state index in [1.165, 1.54) is 29.5 Å². The van der Waals surface area contributed by atoms with Crippen molar-refractivity contribution in [3.05, 3.63) is 92.8 Å². The quantitative estimate of drug-likeness (QED) is 0.304. The number of hydrogen-bond donors (Lipinski definition) is 3. The third kappa shape index (κ3) is 4.45. The molecule has 0 saturated carbocycles. The van der Waals surface area contributed by atoms with E-state index >= 15 is 0 Å². The van der Waals surface area contributed by atoms with Crippen molar-refractivity contribution in [2.45, 2.75) is 0 Å². The predicted octanol–water partition coefficient (Wildman–Crippen LogP) is 6.41. The molecule has 0 atom stereocenters. The normalized spacial score (nSPS) is 10.7. The van der Waals surface area contributed by atoms with E-state index in [1.54, 1.807) is 24.3 Å². The number of fused-ring (bicyclic) bond motifs is 1. The van der Waals surface area contributed by atoms with Gasteiger partial charge in [-0.05, 0) is 48.5 Å². The fraction of sp³-hybridized carbons (Fsp3) is 0. The van der Waals surface area contributed by atoms with Crippen molar-refractivity contribution in [1.82, 2.24) is 0 Å². The van der Waals surface area contributed by atoms with E-state index in [2.05, 4.69) is 10.6 Å². The van der Waals surface area contributed by atoms with Gasteiger partial charge in [-0.1, -0.05) is 41.4 Å². The van der Waals surface area contributed by atoms with Gasteiger partial charge in [0.25, 0.3) is 11.8 Å². The number of anilines is 2. The zero-order valence-corrected chi connectivity index (χ0v) is 18.5. The monoisotopic (exact) mass is 484 g/mol. The summed E-state index contributed by atoms with van der Waals surface area (Å²) in [4.78, 5) is 37.5. The van der Waals surface area contributed by atoms with Crippen molar-refractivity contribution in [2.75, 3.05) is 10.6 Å². The van der Waals surface area contributed by atoms with Crippen LogP contribution in [0.15, 0.2) is 66.7 Å². The fourth-order valence-electron chi connectivity index (χ4n) is 3.08. The van der Waals surface area contributed by atoms with Crippen LogP contribution in [0, 0.1) is 0 Å². The van der Waals surface area contributed by atoms with Crippen molar-refractivity contribution in [1.29, 1.82) is 0 Å². The Morgan fingerprint density at radius 2 is 1.44 bits per heavy atom. The van der Waals surface area contributed by atoms with Crippen molar-refractivity contribution in [3.63, 3.8) is 0 Å². The Morgan fingerprint density at radius 3 is 2.12 bits per heavy atom. The van der Waals surface area contributed by atoms with Gasteiger partial charge in [-0.2, -0.15) is 0 Å². The van der Waals surface area contributed by atoms with Crippen molar-refractivity contribution in [3.8, 4) is 0 Å². The molecule has 2 amide bonds. The van der Waals surface area contributed by atoms with E-state index in [4.69, 9.17) is 23.2 Å². The van der Waals surface area contributed by atoms with Gasteiger partial charge in [0.1, 0.15) is 4.88 Å². The van der Waals surface area contributed by atoms with Crippen LogP contribution in [0.2, 0.25) is 10.0 Å². The summed E-state index contributed by atoms with van der Waals surface area (Å²) in [5, 5.41) is 16.5. The van der Waals surface area contributed by atoms with Crippen LogP contribution < -0.4 is 10.6 Å². The highest BCUT2D eigenvalue weighted by Crippen LogP contribution is 2.35. The summed E-state index contributed by atoms with van der Waals surface area (Å²) in [6.45, 7) is 0. The maximum atomic E-state index is 12.8. The molecule has 4 aromatic rings. The van der Waals surface area contributed by atoms with Gasteiger partial charge in [-0.15, -0.1) is 11.3 Å². The molecule has 3 N–H and O–H groups in total. The van der Waals surface area contributed by atoms with Crippen molar-refractivity contribution < 1.29 is 19.5 Å². The lowest BCUT2D eigenvalue weighted by Gasteiger charge is -2.11. The van der Waals surface area contributed by atoms with Crippen LogP contribution in [-0.4, -0.2) is 22.9 Å². The zero-order valence-electron chi connectivity index (χ0n) is 16.2. The zero-order chi connectivity index (χ0) is 22.8. The molecule has 32 heavy (non-hydrogen) atoms. The number of rotatable bonds is 5. The van der Waals surface area contributed by atoms with Crippen LogP contribution in [0.3, 0.4) is 0 Å². The Balaban J connectivity index is 1.59. The number of thiophene rings is 1. The number of halogens is 2. The standard InChI is InChI=1S/C23H14Cl2N2O4S/c24-12-5-7-13(8-6-12)26-21(28)15-10-9-14(11-17(15)23(30)31)27-22(29)20-19(25)16-3-1-2-4-18(16)32-20/h1-11H,(H,26,28)(H,27,29)(H,30,31). The van der Waals surface area contributed by atoms with Gasteiger partial charge in [-0.3, -0.25) is 9.59 Å². The Hall–Kier alpha value is -3.39. The average Bonchev–Trinajstić information content (AvgIpc) is 3.12. The van der Waals surface area contributed by atoms with Crippen LogP contribution in [-0.2, 0) is 0 Å². The number of nitrogens with one attached hydrogen (secondary N) is 2. The largest absolute Gasteiger partial charge is 0.478 e. The summed E-state index contributed by atoms with van der Waals surface area (Å²) in [7, 11) is 0. The summed E-state index contributed by atoms with van der Waals surface area (Å²) >= 11 is 13.4. The first-order chi connectivity index (χ1) is 15.3. The van der Waals surface area contributed by atoms with Crippen LogP contribution in [0.25, 0.3) is 10.1 Å². The number of hydrogen-bond acceptors (Lipinski definition) is 4. The Kier molecular flexibility index (Phi) is 6.14. The Labute approximate surface area is 196 Å². The van der Waals surface area contributed by atoms with Gasteiger partial charge in [-0.25, -0.2) is 4.79 Å². The number of carboxylic acid groups (broad SMARTS) is 1. The van der Waals surface area contributed by atoms with Gasteiger partial charge < -0.3 is 15.7 Å². The second-order valence-corrected chi connectivity index (χ2v) is 8.59. The first-order valence-electron chi connectivity index (χ1n) is 9.26. The number of benzene rings is 3. The number of carboxylic acids is 1. The molecule has 0 spiro atoms. The highest BCUT2D eigenvalue weighted by Gasteiger charge is 2.20.